The fourth-order valence-corrected chi connectivity index (χ4v) is 2.57. The Labute approximate surface area is 114 Å². The topological polar surface area (TPSA) is 45.2 Å². The zero-order chi connectivity index (χ0) is 13.3. The van der Waals surface area contributed by atoms with Crippen LogP contribution in [0.5, 0.6) is 0 Å². The highest BCUT2D eigenvalue weighted by atomic mass is 79.9. The molecular formula is C12H15BrFN3O. The molecule has 0 radical (unpaired) electrons. The summed E-state index contributed by atoms with van der Waals surface area (Å²) >= 11 is 3.18. The molecule has 1 aliphatic rings. The number of carbonyl (C=O) groups is 1. The summed E-state index contributed by atoms with van der Waals surface area (Å²) in [6.45, 7) is 3.01. The maximum atomic E-state index is 13.8. The van der Waals surface area contributed by atoms with Crippen LogP contribution in [0.25, 0.3) is 0 Å². The molecule has 0 aromatic carbocycles. The number of carbonyl (C=O) groups excluding carboxylic acids is 1. The maximum absolute atomic E-state index is 13.8. The molecule has 1 fully saturated rings. The quantitative estimate of drug-likeness (QED) is 0.907. The van der Waals surface area contributed by atoms with Crippen LogP contribution in [0, 0.1) is 11.2 Å². The molecule has 1 aromatic rings. The van der Waals surface area contributed by atoms with E-state index in [1.54, 1.807) is 13.2 Å². The first-order valence-electron chi connectivity index (χ1n) is 5.74. The van der Waals surface area contributed by atoms with Crippen molar-refractivity contribution in [2.24, 2.45) is 5.41 Å². The standard InChI is InChI=1S/C12H15BrFN3O/c1-12(11(18)15-2)3-4-17(7-12)10-9(14)5-8(13)6-16-10/h5-6H,3-4,7H2,1-2H3,(H,15,18). The molecular weight excluding hydrogens is 301 g/mol. The van der Waals surface area contributed by atoms with E-state index in [2.05, 4.69) is 26.2 Å². The highest BCUT2D eigenvalue weighted by Crippen LogP contribution is 2.33. The van der Waals surface area contributed by atoms with E-state index >= 15 is 0 Å². The lowest BCUT2D eigenvalue weighted by Crippen LogP contribution is -2.39. The van der Waals surface area contributed by atoms with E-state index in [0.717, 1.165) is 0 Å². The van der Waals surface area contributed by atoms with Crippen LogP contribution in [0.2, 0.25) is 0 Å². The number of hydrogen-bond donors (Lipinski definition) is 1. The van der Waals surface area contributed by atoms with Gasteiger partial charge >= 0.3 is 0 Å². The van der Waals surface area contributed by atoms with Gasteiger partial charge in [-0.3, -0.25) is 4.79 Å². The Balaban J connectivity index is 2.20. The van der Waals surface area contributed by atoms with E-state index in [4.69, 9.17) is 0 Å². The van der Waals surface area contributed by atoms with Crippen LogP contribution < -0.4 is 10.2 Å². The van der Waals surface area contributed by atoms with E-state index in [9.17, 15) is 9.18 Å². The number of pyridine rings is 1. The van der Waals surface area contributed by atoms with Crippen molar-refractivity contribution in [2.45, 2.75) is 13.3 Å². The molecule has 1 unspecified atom stereocenters. The number of amides is 1. The molecule has 98 valence electrons. The van der Waals surface area contributed by atoms with Gasteiger partial charge in [0.1, 0.15) is 0 Å². The Morgan fingerprint density at radius 1 is 1.67 bits per heavy atom. The van der Waals surface area contributed by atoms with Crippen molar-refractivity contribution in [3.8, 4) is 0 Å². The average molecular weight is 316 g/mol. The van der Waals surface area contributed by atoms with E-state index in [1.807, 2.05) is 11.8 Å². The molecule has 1 atom stereocenters. The summed E-state index contributed by atoms with van der Waals surface area (Å²) in [5, 5.41) is 2.66. The van der Waals surface area contributed by atoms with Crippen LogP contribution in [0.4, 0.5) is 10.2 Å². The van der Waals surface area contributed by atoms with Crippen molar-refractivity contribution in [2.75, 3.05) is 25.0 Å². The van der Waals surface area contributed by atoms with Gasteiger partial charge in [-0.2, -0.15) is 0 Å². The Bertz CT molecular complexity index is 482. The van der Waals surface area contributed by atoms with Gasteiger partial charge in [0.2, 0.25) is 5.91 Å². The molecule has 1 aromatic heterocycles. The predicted molar refractivity (Wildman–Crippen MR) is 70.9 cm³/mol. The second-order valence-corrected chi connectivity index (χ2v) is 5.69. The fourth-order valence-electron chi connectivity index (χ4n) is 2.27. The molecule has 0 spiro atoms. The van der Waals surface area contributed by atoms with Gasteiger partial charge in [-0.05, 0) is 35.3 Å². The molecule has 0 aliphatic carbocycles. The first kappa shape index (κ1) is 13.3. The summed E-state index contributed by atoms with van der Waals surface area (Å²) in [4.78, 5) is 17.7. The van der Waals surface area contributed by atoms with Crippen LogP contribution in [0.3, 0.4) is 0 Å². The number of aromatic nitrogens is 1. The van der Waals surface area contributed by atoms with Crippen LogP contribution in [0.1, 0.15) is 13.3 Å². The number of halogens is 2. The largest absolute Gasteiger partial charge is 0.359 e. The number of nitrogens with one attached hydrogen (secondary N) is 1. The van der Waals surface area contributed by atoms with E-state index in [0.29, 0.717) is 29.8 Å². The highest BCUT2D eigenvalue weighted by Gasteiger charge is 2.40. The summed E-state index contributed by atoms with van der Waals surface area (Å²) in [7, 11) is 1.62. The first-order valence-corrected chi connectivity index (χ1v) is 6.54. The van der Waals surface area contributed by atoms with Gasteiger partial charge in [0.05, 0.1) is 5.41 Å². The van der Waals surface area contributed by atoms with Crippen LogP contribution in [-0.4, -0.2) is 31.0 Å². The van der Waals surface area contributed by atoms with Crippen molar-refractivity contribution in [3.63, 3.8) is 0 Å². The third-order valence-electron chi connectivity index (χ3n) is 3.34. The molecule has 1 amide bonds. The smallest absolute Gasteiger partial charge is 0.227 e. The molecule has 1 aliphatic heterocycles. The Hall–Kier alpha value is -1.17. The molecule has 1 saturated heterocycles. The third kappa shape index (κ3) is 2.34. The summed E-state index contributed by atoms with van der Waals surface area (Å²) in [6, 6.07) is 1.39. The minimum atomic E-state index is -0.476. The van der Waals surface area contributed by atoms with Crippen molar-refractivity contribution in [1.82, 2.24) is 10.3 Å². The Morgan fingerprint density at radius 3 is 3.00 bits per heavy atom. The second-order valence-electron chi connectivity index (χ2n) is 4.77. The van der Waals surface area contributed by atoms with Crippen LogP contribution >= 0.6 is 15.9 Å². The van der Waals surface area contributed by atoms with Gasteiger partial charge in [-0.1, -0.05) is 0 Å². The molecule has 18 heavy (non-hydrogen) atoms. The average Bonchev–Trinajstić information content (AvgIpc) is 2.72. The predicted octanol–water partition coefficient (Wildman–Crippen LogP) is 1.95. The van der Waals surface area contributed by atoms with Crippen LogP contribution in [0.15, 0.2) is 16.7 Å². The Kier molecular flexibility index (Phi) is 3.56. The van der Waals surface area contributed by atoms with Gasteiger partial charge in [-0.25, -0.2) is 9.37 Å². The lowest BCUT2D eigenvalue weighted by atomic mass is 9.89. The summed E-state index contributed by atoms with van der Waals surface area (Å²) in [5.41, 5.74) is -0.476. The summed E-state index contributed by atoms with van der Waals surface area (Å²) in [6.07, 6.45) is 2.26. The maximum Gasteiger partial charge on any atom is 0.227 e. The SMILES string of the molecule is CNC(=O)C1(C)CCN(c2ncc(Br)cc2F)C1. The zero-order valence-corrected chi connectivity index (χ0v) is 11.9. The van der Waals surface area contributed by atoms with Gasteiger partial charge in [0.25, 0.3) is 0 Å². The Morgan fingerprint density at radius 2 is 2.39 bits per heavy atom. The van der Waals surface area contributed by atoms with E-state index in [1.165, 1.54) is 6.07 Å². The second kappa shape index (κ2) is 4.84. The lowest BCUT2D eigenvalue weighted by molar-refractivity contribution is -0.128. The van der Waals surface area contributed by atoms with E-state index < -0.39 is 5.41 Å². The molecule has 6 heteroatoms. The van der Waals surface area contributed by atoms with Crippen molar-refractivity contribution in [1.29, 1.82) is 0 Å². The van der Waals surface area contributed by atoms with Gasteiger partial charge in [0.15, 0.2) is 11.6 Å². The number of hydrogen-bond acceptors (Lipinski definition) is 3. The first-order chi connectivity index (χ1) is 8.46. The third-order valence-corrected chi connectivity index (χ3v) is 3.77. The van der Waals surface area contributed by atoms with Crippen molar-refractivity contribution in [3.05, 3.63) is 22.6 Å². The molecule has 1 N–H and O–H groups in total. The van der Waals surface area contributed by atoms with Gasteiger partial charge in [0, 0.05) is 30.8 Å². The fraction of sp³-hybridized carbons (Fsp3) is 0.500. The molecule has 0 bridgehead atoms. The number of anilines is 1. The lowest BCUT2D eigenvalue weighted by Gasteiger charge is -2.23. The minimum absolute atomic E-state index is 0.0116. The monoisotopic (exact) mass is 315 g/mol. The zero-order valence-electron chi connectivity index (χ0n) is 10.3. The highest BCUT2D eigenvalue weighted by molar-refractivity contribution is 9.10. The van der Waals surface area contributed by atoms with Crippen LogP contribution in [-0.2, 0) is 4.79 Å². The van der Waals surface area contributed by atoms with Gasteiger partial charge < -0.3 is 10.2 Å². The number of nitrogens with zero attached hydrogens (tertiary/aromatic N) is 2. The summed E-state index contributed by atoms with van der Waals surface area (Å²) < 4.78 is 14.4. The normalized spacial score (nSPS) is 23.2. The van der Waals surface area contributed by atoms with Crippen molar-refractivity contribution < 1.29 is 9.18 Å². The molecule has 4 nitrogen and oxygen atoms in total. The minimum Gasteiger partial charge on any atom is -0.359 e. The molecule has 0 saturated carbocycles. The van der Waals surface area contributed by atoms with E-state index in [-0.39, 0.29) is 11.7 Å². The summed E-state index contributed by atoms with van der Waals surface area (Å²) in [5.74, 6) is -0.0705. The van der Waals surface area contributed by atoms with Gasteiger partial charge in [-0.15, -0.1) is 0 Å². The van der Waals surface area contributed by atoms with Crippen molar-refractivity contribution >= 4 is 27.7 Å². The molecule has 2 rings (SSSR count). The number of rotatable bonds is 2. The molecule has 2 heterocycles.